The van der Waals surface area contributed by atoms with Gasteiger partial charge in [-0.05, 0) is 18.1 Å². The Kier molecular flexibility index (Phi) is 4.53. The Morgan fingerprint density at radius 3 is 2.79 bits per heavy atom. The quantitative estimate of drug-likeness (QED) is 0.808. The summed E-state index contributed by atoms with van der Waals surface area (Å²) in [6, 6.07) is 9.96. The third kappa shape index (κ3) is 3.55. The summed E-state index contributed by atoms with van der Waals surface area (Å²) >= 11 is 0. The summed E-state index contributed by atoms with van der Waals surface area (Å²) in [5, 5.41) is 9.10. The molecule has 1 amide bonds. The van der Waals surface area contributed by atoms with Crippen LogP contribution in [-0.2, 0) is 11.3 Å². The number of benzene rings is 1. The maximum atomic E-state index is 11.4. The van der Waals surface area contributed by atoms with Gasteiger partial charge in [0.1, 0.15) is 0 Å². The van der Waals surface area contributed by atoms with Crippen LogP contribution in [0.1, 0.15) is 24.5 Å². The summed E-state index contributed by atoms with van der Waals surface area (Å²) in [6.45, 7) is 5.88. The average Bonchev–Trinajstić information content (AvgIpc) is 2.65. The zero-order valence-corrected chi connectivity index (χ0v) is 11.3. The lowest BCUT2D eigenvalue weighted by Crippen LogP contribution is -2.33. The molecule has 2 rings (SSSR count). The smallest absolute Gasteiger partial charge is 0.219 e. The second kappa shape index (κ2) is 6.35. The SMILES string of the molecule is CC(=O)N1CCCN(Cc2ccccc2C#N)CC1. The first-order chi connectivity index (χ1) is 9.20. The summed E-state index contributed by atoms with van der Waals surface area (Å²) in [5.74, 6) is 0.152. The molecule has 1 heterocycles. The van der Waals surface area contributed by atoms with Crippen LogP contribution in [0.25, 0.3) is 0 Å². The number of carbonyl (C=O) groups is 1. The maximum absolute atomic E-state index is 11.4. The van der Waals surface area contributed by atoms with E-state index in [1.54, 1.807) is 6.92 Å². The third-order valence-electron chi connectivity index (χ3n) is 3.57. The first-order valence-corrected chi connectivity index (χ1v) is 6.66. The normalized spacial score (nSPS) is 16.7. The van der Waals surface area contributed by atoms with Crippen LogP contribution in [0.3, 0.4) is 0 Å². The lowest BCUT2D eigenvalue weighted by Gasteiger charge is -2.21. The molecular weight excluding hydrogens is 238 g/mol. The van der Waals surface area contributed by atoms with E-state index in [0.29, 0.717) is 0 Å². The van der Waals surface area contributed by atoms with Gasteiger partial charge in [0.05, 0.1) is 11.6 Å². The Bertz CT molecular complexity index is 492. The number of nitriles is 1. The fourth-order valence-corrected chi connectivity index (χ4v) is 2.45. The molecule has 0 saturated carbocycles. The Balaban J connectivity index is 2.00. The topological polar surface area (TPSA) is 47.3 Å². The molecule has 4 nitrogen and oxygen atoms in total. The standard InChI is InChI=1S/C15H19N3O/c1-13(19)18-8-4-7-17(9-10-18)12-15-6-3-2-5-14(15)11-16/h2-3,5-6H,4,7-10,12H2,1H3. The van der Waals surface area contributed by atoms with Gasteiger partial charge >= 0.3 is 0 Å². The molecule has 0 atom stereocenters. The van der Waals surface area contributed by atoms with Crippen molar-refractivity contribution in [3.63, 3.8) is 0 Å². The highest BCUT2D eigenvalue weighted by atomic mass is 16.2. The average molecular weight is 257 g/mol. The molecule has 1 saturated heterocycles. The summed E-state index contributed by atoms with van der Waals surface area (Å²) in [4.78, 5) is 15.6. The molecule has 0 radical (unpaired) electrons. The van der Waals surface area contributed by atoms with Crippen molar-refractivity contribution in [3.05, 3.63) is 35.4 Å². The minimum absolute atomic E-state index is 0.152. The molecule has 1 aliphatic rings. The molecule has 0 spiro atoms. The Labute approximate surface area is 114 Å². The van der Waals surface area contributed by atoms with Gasteiger partial charge in [0.15, 0.2) is 0 Å². The first kappa shape index (κ1) is 13.6. The van der Waals surface area contributed by atoms with Crippen molar-refractivity contribution in [2.75, 3.05) is 26.2 Å². The van der Waals surface area contributed by atoms with Crippen molar-refractivity contribution in [1.82, 2.24) is 9.80 Å². The lowest BCUT2D eigenvalue weighted by molar-refractivity contribution is -0.128. The van der Waals surface area contributed by atoms with E-state index in [0.717, 1.165) is 50.3 Å². The van der Waals surface area contributed by atoms with Crippen LogP contribution >= 0.6 is 0 Å². The molecular formula is C15H19N3O. The zero-order chi connectivity index (χ0) is 13.7. The first-order valence-electron chi connectivity index (χ1n) is 6.66. The number of nitrogens with zero attached hydrogens (tertiary/aromatic N) is 3. The van der Waals surface area contributed by atoms with Gasteiger partial charge in [-0.15, -0.1) is 0 Å². The number of carbonyl (C=O) groups excluding carboxylic acids is 1. The van der Waals surface area contributed by atoms with Crippen molar-refractivity contribution in [2.45, 2.75) is 19.9 Å². The largest absolute Gasteiger partial charge is 0.342 e. The van der Waals surface area contributed by atoms with Crippen molar-refractivity contribution >= 4 is 5.91 Å². The van der Waals surface area contributed by atoms with Crippen LogP contribution in [0.2, 0.25) is 0 Å². The van der Waals surface area contributed by atoms with Crippen LogP contribution in [0.5, 0.6) is 0 Å². The predicted molar refractivity (Wildman–Crippen MR) is 73.3 cm³/mol. The maximum Gasteiger partial charge on any atom is 0.219 e. The molecule has 1 aromatic rings. The number of hydrogen-bond acceptors (Lipinski definition) is 3. The molecule has 0 bridgehead atoms. The zero-order valence-electron chi connectivity index (χ0n) is 11.3. The van der Waals surface area contributed by atoms with Crippen molar-refractivity contribution in [1.29, 1.82) is 5.26 Å². The molecule has 100 valence electrons. The second-order valence-corrected chi connectivity index (χ2v) is 4.90. The molecule has 0 N–H and O–H groups in total. The van der Waals surface area contributed by atoms with E-state index < -0.39 is 0 Å². The van der Waals surface area contributed by atoms with E-state index in [9.17, 15) is 4.79 Å². The molecule has 19 heavy (non-hydrogen) atoms. The van der Waals surface area contributed by atoms with Crippen molar-refractivity contribution in [3.8, 4) is 6.07 Å². The van der Waals surface area contributed by atoms with Crippen molar-refractivity contribution < 1.29 is 4.79 Å². The number of hydrogen-bond donors (Lipinski definition) is 0. The van der Waals surface area contributed by atoms with Crippen molar-refractivity contribution in [2.24, 2.45) is 0 Å². The Morgan fingerprint density at radius 1 is 1.26 bits per heavy atom. The lowest BCUT2D eigenvalue weighted by atomic mass is 10.1. The van der Waals surface area contributed by atoms with E-state index in [1.807, 2.05) is 29.2 Å². The Morgan fingerprint density at radius 2 is 2.05 bits per heavy atom. The molecule has 1 fully saturated rings. The van der Waals surface area contributed by atoms with E-state index >= 15 is 0 Å². The van der Waals surface area contributed by atoms with Gasteiger partial charge in [0.25, 0.3) is 0 Å². The predicted octanol–water partition coefficient (Wildman–Crippen LogP) is 1.61. The summed E-state index contributed by atoms with van der Waals surface area (Å²) in [6.07, 6.45) is 0.994. The van der Waals surface area contributed by atoms with Crippen LogP contribution in [0.4, 0.5) is 0 Å². The van der Waals surface area contributed by atoms with E-state index in [-0.39, 0.29) is 5.91 Å². The fourth-order valence-electron chi connectivity index (χ4n) is 2.45. The second-order valence-electron chi connectivity index (χ2n) is 4.90. The van der Waals surface area contributed by atoms with Crippen LogP contribution in [0.15, 0.2) is 24.3 Å². The van der Waals surface area contributed by atoms with Gasteiger partial charge in [-0.25, -0.2) is 0 Å². The number of rotatable bonds is 2. The molecule has 0 aliphatic carbocycles. The van der Waals surface area contributed by atoms with Gasteiger partial charge in [-0.2, -0.15) is 5.26 Å². The Hall–Kier alpha value is -1.86. The third-order valence-corrected chi connectivity index (χ3v) is 3.57. The summed E-state index contributed by atoms with van der Waals surface area (Å²) < 4.78 is 0. The minimum atomic E-state index is 0.152. The molecule has 0 unspecified atom stereocenters. The van der Waals surface area contributed by atoms with Gasteiger partial charge in [-0.1, -0.05) is 18.2 Å². The highest BCUT2D eigenvalue weighted by Gasteiger charge is 2.17. The van der Waals surface area contributed by atoms with Gasteiger partial charge < -0.3 is 4.90 Å². The van der Waals surface area contributed by atoms with E-state index in [1.165, 1.54) is 0 Å². The molecule has 1 aromatic carbocycles. The van der Waals surface area contributed by atoms with Gasteiger partial charge in [0.2, 0.25) is 5.91 Å². The van der Waals surface area contributed by atoms with E-state index in [2.05, 4.69) is 11.0 Å². The summed E-state index contributed by atoms with van der Waals surface area (Å²) in [5.41, 5.74) is 1.82. The van der Waals surface area contributed by atoms with Gasteiger partial charge in [-0.3, -0.25) is 9.69 Å². The number of amides is 1. The molecule has 0 aromatic heterocycles. The highest BCUT2D eigenvalue weighted by molar-refractivity contribution is 5.73. The van der Waals surface area contributed by atoms with E-state index in [4.69, 9.17) is 5.26 Å². The van der Waals surface area contributed by atoms with Crippen LogP contribution < -0.4 is 0 Å². The van der Waals surface area contributed by atoms with Crippen LogP contribution in [0, 0.1) is 11.3 Å². The molecule has 1 aliphatic heterocycles. The minimum Gasteiger partial charge on any atom is -0.342 e. The highest BCUT2D eigenvalue weighted by Crippen LogP contribution is 2.13. The molecule has 4 heteroatoms. The van der Waals surface area contributed by atoms with Crippen LogP contribution in [-0.4, -0.2) is 41.9 Å². The monoisotopic (exact) mass is 257 g/mol. The summed E-state index contributed by atoms with van der Waals surface area (Å²) in [7, 11) is 0. The fraction of sp³-hybridized carbons (Fsp3) is 0.467. The van der Waals surface area contributed by atoms with Gasteiger partial charge in [0, 0.05) is 39.6 Å².